The average Bonchev–Trinajstić information content (AvgIpc) is 2.77. The summed E-state index contributed by atoms with van der Waals surface area (Å²) in [5, 5.41) is 11.8. The van der Waals surface area contributed by atoms with Crippen molar-refractivity contribution in [1.29, 1.82) is 5.41 Å². The molecule has 0 aliphatic heterocycles. The molecule has 0 spiro atoms. The van der Waals surface area contributed by atoms with Gasteiger partial charge in [0.1, 0.15) is 16.8 Å². The Morgan fingerprint density at radius 3 is 2.71 bits per heavy atom. The van der Waals surface area contributed by atoms with Gasteiger partial charge in [-0.2, -0.15) is 0 Å². The summed E-state index contributed by atoms with van der Waals surface area (Å²) in [4.78, 5) is 30.9. The van der Waals surface area contributed by atoms with Crippen LogP contribution in [0.3, 0.4) is 0 Å². The number of nitrogens with zero attached hydrogens (tertiary/aromatic N) is 3. The Morgan fingerprint density at radius 1 is 1.26 bits per heavy atom. The third kappa shape index (κ3) is 3.66. The number of nitrogens with one attached hydrogen (secondary N) is 2. The minimum atomic E-state index is -0.421. The molecule has 1 atom stereocenters. The van der Waals surface area contributed by atoms with E-state index in [9.17, 15) is 9.59 Å². The van der Waals surface area contributed by atoms with Gasteiger partial charge in [0.05, 0.1) is 17.0 Å². The molecule has 0 aliphatic rings. The van der Waals surface area contributed by atoms with E-state index in [4.69, 9.17) is 5.41 Å². The topological polar surface area (TPSA) is 92.2 Å². The quantitative estimate of drug-likeness (QED) is 0.389. The van der Waals surface area contributed by atoms with Gasteiger partial charge in [0.25, 0.3) is 11.5 Å². The van der Waals surface area contributed by atoms with Gasteiger partial charge in [-0.15, -0.1) is 6.58 Å². The Kier molecular flexibility index (Phi) is 5.25. The van der Waals surface area contributed by atoms with Crippen LogP contribution in [0.5, 0.6) is 0 Å². The fourth-order valence-electron chi connectivity index (χ4n) is 3.62. The molecule has 1 amide bonds. The van der Waals surface area contributed by atoms with Gasteiger partial charge in [-0.1, -0.05) is 42.5 Å². The zero-order valence-electron chi connectivity index (χ0n) is 17.4. The van der Waals surface area contributed by atoms with E-state index in [1.165, 1.54) is 15.0 Å². The molecule has 0 saturated carbocycles. The summed E-state index contributed by atoms with van der Waals surface area (Å²) in [5.41, 5.74) is 2.51. The van der Waals surface area contributed by atoms with Crippen LogP contribution in [0.1, 0.15) is 34.5 Å². The van der Waals surface area contributed by atoms with E-state index in [0.29, 0.717) is 11.3 Å². The number of allylic oxidation sites excluding steroid dienone is 1. The second-order valence-electron chi connectivity index (χ2n) is 7.50. The van der Waals surface area contributed by atoms with Gasteiger partial charge in [-0.25, -0.2) is 4.98 Å². The maximum Gasteiger partial charge on any atom is 0.267 e. The Morgan fingerprint density at radius 2 is 2.00 bits per heavy atom. The first-order valence-electron chi connectivity index (χ1n) is 9.98. The lowest BCUT2D eigenvalue weighted by molar-refractivity contribution is 0.0937. The van der Waals surface area contributed by atoms with Crippen molar-refractivity contribution in [3.63, 3.8) is 0 Å². The van der Waals surface area contributed by atoms with Crippen molar-refractivity contribution in [2.45, 2.75) is 26.4 Å². The molecule has 0 fully saturated rings. The number of fused-ring (bicyclic) bond motifs is 2. The van der Waals surface area contributed by atoms with Crippen LogP contribution in [0.15, 0.2) is 72.2 Å². The molecule has 1 aromatic carbocycles. The van der Waals surface area contributed by atoms with Gasteiger partial charge >= 0.3 is 0 Å². The van der Waals surface area contributed by atoms with Crippen molar-refractivity contribution in [2.75, 3.05) is 0 Å². The number of amides is 1. The SMILES string of the molecule is C=CCn1c(=N)c(C(=O)NC(C)c2ccccc2)cc2c(=O)n3cc(C)ccc3nc21. The monoisotopic (exact) mass is 413 g/mol. The molecule has 1 unspecified atom stereocenters. The van der Waals surface area contributed by atoms with E-state index in [-0.39, 0.29) is 34.6 Å². The zero-order chi connectivity index (χ0) is 22.1. The molecule has 156 valence electrons. The highest BCUT2D eigenvalue weighted by Gasteiger charge is 2.19. The second-order valence-corrected chi connectivity index (χ2v) is 7.50. The lowest BCUT2D eigenvalue weighted by atomic mass is 10.1. The Labute approximate surface area is 178 Å². The van der Waals surface area contributed by atoms with E-state index < -0.39 is 5.91 Å². The van der Waals surface area contributed by atoms with Crippen molar-refractivity contribution in [3.8, 4) is 0 Å². The minimum absolute atomic E-state index is 0.0199. The molecule has 0 aliphatic carbocycles. The zero-order valence-corrected chi connectivity index (χ0v) is 17.4. The van der Waals surface area contributed by atoms with Crippen molar-refractivity contribution < 1.29 is 4.79 Å². The highest BCUT2D eigenvalue weighted by molar-refractivity contribution is 5.97. The maximum absolute atomic E-state index is 13.2. The van der Waals surface area contributed by atoms with Crippen molar-refractivity contribution >= 4 is 22.6 Å². The van der Waals surface area contributed by atoms with Crippen LogP contribution in [0, 0.1) is 12.3 Å². The molecule has 31 heavy (non-hydrogen) atoms. The molecule has 3 heterocycles. The van der Waals surface area contributed by atoms with E-state index in [1.54, 1.807) is 18.3 Å². The third-order valence-corrected chi connectivity index (χ3v) is 5.26. The Balaban J connectivity index is 1.90. The number of aryl methyl sites for hydroxylation is 1. The van der Waals surface area contributed by atoms with Crippen molar-refractivity contribution in [1.82, 2.24) is 19.3 Å². The molecule has 7 heteroatoms. The van der Waals surface area contributed by atoms with Crippen LogP contribution in [-0.4, -0.2) is 19.9 Å². The maximum atomic E-state index is 13.2. The first kappa shape index (κ1) is 20.3. The largest absolute Gasteiger partial charge is 0.345 e. The van der Waals surface area contributed by atoms with Crippen LogP contribution >= 0.6 is 0 Å². The summed E-state index contributed by atoms with van der Waals surface area (Å²) in [5.74, 6) is -0.421. The summed E-state index contributed by atoms with van der Waals surface area (Å²) >= 11 is 0. The number of hydrogen-bond acceptors (Lipinski definition) is 4. The third-order valence-electron chi connectivity index (χ3n) is 5.26. The normalized spacial score (nSPS) is 12.1. The molecule has 0 saturated heterocycles. The molecular weight excluding hydrogens is 390 g/mol. The number of hydrogen-bond donors (Lipinski definition) is 2. The Bertz CT molecular complexity index is 1430. The lowest BCUT2D eigenvalue weighted by Gasteiger charge is -2.17. The summed E-state index contributed by atoms with van der Waals surface area (Å²) in [6.45, 7) is 7.77. The molecule has 2 N–H and O–H groups in total. The minimum Gasteiger partial charge on any atom is -0.345 e. The summed E-state index contributed by atoms with van der Waals surface area (Å²) < 4.78 is 3.00. The molecule has 4 rings (SSSR count). The van der Waals surface area contributed by atoms with E-state index >= 15 is 0 Å². The standard InChI is InChI=1S/C24H23N5O2/c1-4-12-28-21(25)18(23(30)26-16(3)17-8-6-5-7-9-17)13-19-22(28)27-20-11-10-15(2)14-29(20)24(19)31/h4-11,13-14,16,25H,1,12H2,2-3H3,(H,26,30). The fraction of sp³-hybridized carbons (Fsp3) is 0.167. The van der Waals surface area contributed by atoms with Gasteiger partial charge in [0.15, 0.2) is 0 Å². The van der Waals surface area contributed by atoms with Gasteiger partial charge in [0.2, 0.25) is 0 Å². The van der Waals surface area contributed by atoms with Gasteiger partial charge in [-0.3, -0.25) is 19.4 Å². The highest BCUT2D eigenvalue weighted by Crippen LogP contribution is 2.14. The van der Waals surface area contributed by atoms with Crippen LogP contribution in [0.25, 0.3) is 16.7 Å². The van der Waals surface area contributed by atoms with Crippen LogP contribution < -0.4 is 16.4 Å². The van der Waals surface area contributed by atoms with Crippen LogP contribution in [-0.2, 0) is 6.54 Å². The molecule has 3 aromatic heterocycles. The number of benzene rings is 1. The summed E-state index contributed by atoms with van der Waals surface area (Å²) in [6, 6.07) is 14.4. The smallest absolute Gasteiger partial charge is 0.267 e. The number of carbonyl (C=O) groups is 1. The van der Waals surface area contributed by atoms with E-state index in [0.717, 1.165) is 11.1 Å². The second kappa shape index (κ2) is 8.02. The van der Waals surface area contributed by atoms with Crippen molar-refractivity contribution in [3.05, 3.63) is 99.9 Å². The van der Waals surface area contributed by atoms with E-state index in [2.05, 4.69) is 16.9 Å². The number of pyridine rings is 2. The average molecular weight is 413 g/mol. The van der Waals surface area contributed by atoms with Crippen LogP contribution in [0.4, 0.5) is 0 Å². The predicted octanol–water partition coefficient (Wildman–Crippen LogP) is 3.11. The summed E-state index contributed by atoms with van der Waals surface area (Å²) in [7, 11) is 0. The number of aromatic nitrogens is 3. The van der Waals surface area contributed by atoms with Gasteiger partial charge in [0, 0.05) is 12.7 Å². The molecule has 0 radical (unpaired) electrons. The molecule has 7 nitrogen and oxygen atoms in total. The predicted molar refractivity (Wildman–Crippen MR) is 120 cm³/mol. The molecule has 0 bridgehead atoms. The van der Waals surface area contributed by atoms with Gasteiger partial charge < -0.3 is 9.88 Å². The van der Waals surface area contributed by atoms with Crippen molar-refractivity contribution in [2.24, 2.45) is 0 Å². The summed E-state index contributed by atoms with van der Waals surface area (Å²) in [6.07, 6.45) is 3.33. The first-order chi connectivity index (χ1) is 14.9. The molecular formula is C24H23N5O2. The van der Waals surface area contributed by atoms with Gasteiger partial charge in [-0.05, 0) is 37.1 Å². The van der Waals surface area contributed by atoms with E-state index in [1.807, 2.05) is 50.2 Å². The Hall–Kier alpha value is -4.00. The first-order valence-corrected chi connectivity index (χ1v) is 9.98. The lowest BCUT2D eigenvalue weighted by Crippen LogP contribution is -2.35. The highest BCUT2D eigenvalue weighted by atomic mass is 16.2. The number of carbonyl (C=O) groups excluding carboxylic acids is 1. The molecule has 4 aromatic rings. The van der Waals surface area contributed by atoms with Crippen LogP contribution in [0.2, 0.25) is 0 Å². The fourth-order valence-corrected chi connectivity index (χ4v) is 3.62. The number of rotatable bonds is 5.